The largest absolute Gasteiger partial charge is 0.338 e. The second-order valence-electron chi connectivity index (χ2n) is 8.83. The van der Waals surface area contributed by atoms with E-state index < -0.39 is 0 Å². The van der Waals surface area contributed by atoms with Gasteiger partial charge in [-0.15, -0.1) is 0 Å². The molecule has 0 atom stereocenters. The summed E-state index contributed by atoms with van der Waals surface area (Å²) in [6.07, 6.45) is 8.43. The van der Waals surface area contributed by atoms with Gasteiger partial charge in [0.15, 0.2) is 0 Å². The Bertz CT molecular complexity index is 839. The first-order valence-electron chi connectivity index (χ1n) is 11.4. The minimum absolute atomic E-state index is 0.852. The Labute approximate surface area is 174 Å². The SMILES string of the molecule is CCc1ccccc1CN1CCc2nc(N3CCN(C4CCC4)CC3)ncc2C1. The zero-order valence-corrected chi connectivity index (χ0v) is 17.7. The van der Waals surface area contributed by atoms with Crippen molar-refractivity contribution < 1.29 is 0 Å². The van der Waals surface area contributed by atoms with Gasteiger partial charge in [0.05, 0.1) is 5.69 Å². The van der Waals surface area contributed by atoms with Gasteiger partial charge >= 0.3 is 0 Å². The molecule has 2 aliphatic heterocycles. The number of rotatable bonds is 5. The van der Waals surface area contributed by atoms with Crippen molar-refractivity contribution in [2.24, 2.45) is 0 Å². The molecule has 1 saturated heterocycles. The quantitative estimate of drug-likeness (QED) is 0.782. The lowest BCUT2D eigenvalue weighted by Gasteiger charge is -2.43. The van der Waals surface area contributed by atoms with E-state index in [1.165, 1.54) is 41.6 Å². The van der Waals surface area contributed by atoms with Crippen LogP contribution in [0.4, 0.5) is 5.95 Å². The van der Waals surface area contributed by atoms with Gasteiger partial charge in [0.2, 0.25) is 5.95 Å². The summed E-state index contributed by atoms with van der Waals surface area (Å²) in [4.78, 5) is 17.3. The highest BCUT2D eigenvalue weighted by atomic mass is 15.3. The minimum atomic E-state index is 0.852. The van der Waals surface area contributed by atoms with E-state index in [4.69, 9.17) is 9.97 Å². The summed E-state index contributed by atoms with van der Waals surface area (Å²) in [5.41, 5.74) is 5.49. The van der Waals surface area contributed by atoms with Gasteiger partial charge in [-0.3, -0.25) is 9.80 Å². The lowest BCUT2D eigenvalue weighted by atomic mass is 9.91. The maximum absolute atomic E-state index is 4.99. The molecule has 3 heterocycles. The number of hydrogen-bond donors (Lipinski definition) is 0. The molecule has 0 amide bonds. The van der Waals surface area contributed by atoms with Crippen molar-refractivity contribution in [2.75, 3.05) is 37.6 Å². The standard InChI is InChI=1S/C24H33N5/c1-2-19-6-3-4-7-20(19)17-27-11-10-23-21(18-27)16-25-24(26-23)29-14-12-28(13-15-29)22-8-5-9-22/h3-4,6-7,16,22H,2,5,8-15,17-18H2,1H3. The highest BCUT2D eigenvalue weighted by Gasteiger charge is 2.29. The molecule has 3 aliphatic rings. The highest BCUT2D eigenvalue weighted by Crippen LogP contribution is 2.27. The molecule has 1 aromatic heterocycles. The highest BCUT2D eigenvalue weighted by molar-refractivity contribution is 5.35. The third kappa shape index (κ3) is 4.03. The fourth-order valence-electron chi connectivity index (χ4n) is 4.99. The third-order valence-corrected chi connectivity index (χ3v) is 7.08. The molecule has 0 radical (unpaired) electrons. The molecule has 5 rings (SSSR count). The second kappa shape index (κ2) is 8.41. The Morgan fingerprint density at radius 2 is 1.79 bits per heavy atom. The molecule has 0 spiro atoms. The van der Waals surface area contributed by atoms with Crippen molar-refractivity contribution in [3.8, 4) is 0 Å². The zero-order valence-electron chi connectivity index (χ0n) is 17.7. The van der Waals surface area contributed by atoms with E-state index in [9.17, 15) is 0 Å². The number of benzene rings is 1. The van der Waals surface area contributed by atoms with E-state index in [-0.39, 0.29) is 0 Å². The summed E-state index contributed by atoms with van der Waals surface area (Å²) >= 11 is 0. The van der Waals surface area contributed by atoms with E-state index in [0.29, 0.717) is 0 Å². The fraction of sp³-hybridized carbons (Fsp3) is 0.583. The number of aromatic nitrogens is 2. The van der Waals surface area contributed by atoms with Crippen molar-refractivity contribution >= 4 is 5.95 Å². The lowest BCUT2D eigenvalue weighted by molar-refractivity contribution is 0.120. The smallest absolute Gasteiger partial charge is 0.225 e. The predicted molar refractivity (Wildman–Crippen MR) is 117 cm³/mol. The fourth-order valence-corrected chi connectivity index (χ4v) is 4.99. The molecule has 0 N–H and O–H groups in total. The van der Waals surface area contributed by atoms with Gasteiger partial charge in [0, 0.05) is 70.0 Å². The molecule has 0 bridgehead atoms. The molecule has 1 aliphatic carbocycles. The first-order chi connectivity index (χ1) is 14.3. The molecule has 29 heavy (non-hydrogen) atoms. The zero-order chi connectivity index (χ0) is 19.6. The molecule has 2 aromatic rings. The van der Waals surface area contributed by atoms with Crippen LogP contribution in [0.3, 0.4) is 0 Å². The number of piperazine rings is 1. The molecular formula is C24H33N5. The third-order valence-electron chi connectivity index (χ3n) is 7.08. The topological polar surface area (TPSA) is 35.5 Å². The molecular weight excluding hydrogens is 358 g/mol. The Hall–Kier alpha value is -1.98. The Morgan fingerprint density at radius 1 is 1.00 bits per heavy atom. The number of fused-ring (bicyclic) bond motifs is 1. The molecule has 1 aromatic carbocycles. The van der Waals surface area contributed by atoms with Crippen LogP contribution < -0.4 is 4.90 Å². The van der Waals surface area contributed by atoms with Crippen LogP contribution in [-0.2, 0) is 25.9 Å². The van der Waals surface area contributed by atoms with Crippen LogP contribution in [0, 0.1) is 0 Å². The summed E-state index contributed by atoms with van der Waals surface area (Å²) < 4.78 is 0. The maximum Gasteiger partial charge on any atom is 0.225 e. The minimum Gasteiger partial charge on any atom is -0.338 e. The summed E-state index contributed by atoms with van der Waals surface area (Å²) in [6.45, 7) is 9.76. The Balaban J connectivity index is 1.22. The molecule has 0 unspecified atom stereocenters. The van der Waals surface area contributed by atoms with Gasteiger partial charge in [0.1, 0.15) is 0 Å². The molecule has 5 nitrogen and oxygen atoms in total. The molecule has 2 fully saturated rings. The average Bonchev–Trinajstić information content (AvgIpc) is 2.73. The van der Waals surface area contributed by atoms with Crippen molar-refractivity contribution in [3.63, 3.8) is 0 Å². The summed E-state index contributed by atoms with van der Waals surface area (Å²) in [6, 6.07) is 9.69. The molecule has 154 valence electrons. The van der Waals surface area contributed by atoms with E-state index in [1.54, 1.807) is 0 Å². The van der Waals surface area contributed by atoms with Crippen LogP contribution in [-0.4, -0.2) is 58.5 Å². The predicted octanol–water partition coefficient (Wildman–Crippen LogP) is 3.27. The van der Waals surface area contributed by atoms with Gasteiger partial charge in [-0.1, -0.05) is 37.6 Å². The van der Waals surface area contributed by atoms with Gasteiger partial charge in [-0.2, -0.15) is 0 Å². The normalized spacial score (nSPS) is 21.1. The van der Waals surface area contributed by atoms with E-state index >= 15 is 0 Å². The van der Waals surface area contributed by atoms with Crippen molar-refractivity contribution in [3.05, 3.63) is 52.8 Å². The second-order valence-corrected chi connectivity index (χ2v) is 8.83. The Morgan fingerprint density at radius 3 is 2.52 bits per heavy atom. The van der Waals surface area contributed by atoms with E-state index in [1.807, 2.05) is 0 Å². The summed E-state index contributed by atoms with van der Waals surface area (Å²) in [5.74, 6) is 0.946. The van der Waals surface area contributed by atoms with E-state index in [0.717, 1.165) is 70.6 Å². The maximum atomic E-state index is 4.99. The van der Waals surface area contributed by atoms with Gasteiger partial charge < -0.3 is 4.90 Å². The monoisotopic (exact) mass is 391 g/mol. The summed E-state index contributed by atoms with van der Waals surface area (Å²) in [7, 11) is 0. The van der Waals surface area contributed by atoms with Crippen molar-refractivity contribution in [1.82, 2.24) is 19.8 Å². The van der Waals surface area contributed by atoms with Crippen LogP contribution in [0.25, 0.3) is 0 Å². The van der Waals surface area contributed by atoms with Crippen LogP contribution in [0.2, 0.25) is 0 Å². The van der Waals surface area contributed by atoms with Crippen molar-refractivity contribution in [1.29, 1.82) is 0 Å². The van der Waals surface area contributed by atoms with E-state index in [2.05, 4.69) is 52.1 Å². The number of anilines is 1. The average molecular weight is 392 g/mol. The number of hydrogen-bond acceptors (Lipinski definition) is 5. The van der Waals surface area contributed by atoms with Gasteiger partial charge in [-0.05, 0) is 30.4 Å². The number of nitrogens with zero attached hydrogens (tertiary/aromatic N) is 5. The molecule has 1 saturated carbocycles. The van der Waals surface area contributed by atoms with Crippen LogP contribution in [0.15, 0.2) is 30.5 Å². The van der Waals surface area contributed by atoms with Gasteiger partial charge in [-0.25, -0.2) is 9.97 Å². The first kappa shape index (κ1) is 19.0. The first-order valence-corrected chi connectivity index (χ1v) is 11.4. The van der Waals surface area contributed by atoms with Crippen LogP contribution in [0.1, 0.15) is 48.6 Å². The lowest BCUT2D eigenvalue weighted by Crippen LogP contribution is -2.52. The number of aryl methyl sites for hydroxylation is 1. The van der Waals surface area contributed by atoms with Crippen LogP contribution >= 0.6 is 0 Å². The molecule has 5 heteroatoms. The van der Waals surface area contributed by atoms with Crippen LogP contribution in [0.5, 0.6) is 0 Å². The van der Waals surface area contributed by atoms with Crippen molar-refractivity contribution in [2.45, 2.75) is 58.2 Å². The van der Waals surface area contributed by atoms with Gasteiger partial charge in [0.25, 0.3) is 0 Å². The Kier molecular flexibility index (Phi) is 5.51. The summed E-state index contributed by atoms with van der Waals surface area (Å²) in [5, 5.41) is 0.